The van der Waals surface area contributed by atoms with Gasteiger partial charge in [0.25, 0.3) is 0 Å². The fraction of sp³-hybridized carbons (Fsp3) is 0.200. The molecular weight excluding hydrogens is 224 g/mol. The van der Waals surface area contributed by atoms with Gasteiger partial charge >= 0.3 is 0 Å². The molecule has 2 N–H and O–H groups in total. The van der Waals surface area contributed by atoms with Crippen LogP contribution in [0.4, 0.5) is 17.6 Å². The van der Waals surface area contributed by atoms with Crippen LogP contribution in [-0.4, -0.2) is 4.68 Å². The molecule has 88 valence electrons. The number of hydrogen-bond acceptors (Lipinski definition) is 1. The van der Waals surface area contributed by atoms with E-state index in [4.69, 9.17) is 5.84 Å². The zero-order valence-electron chi connectivity index (χ0n) is 8.69. The van der Waals surface area contributed by atoms with Crippen molar-refractivity contribution < 1.29 is 17.6 Å². The molecule has 1 aromatic heterocycles. The molecule has 2 rings (SSSR count). The summed E-state index contributed by atoms with van der Waals surface area (Å²) in [6, 6.07) is 1.07. The Labute approximate surface area is 89.2 Å². The van der Waals surface area contributed by atoms with E-state index in [2.05, 4.69) is 0 Å². The Bertz CT molecular complexity index is 519. The summed E-state index contributed by atoms with van der Waals surface area (Å²) in [4.78, 5) is 0. The maximum absolute atomic E-state index is 13.1. The van der Waals surface area contributed by atoms with Gasteiger partial charge in [0.15, 0.2) is 23.3 Å². The Morgan fingerprint density at radius 3 is 2.00 bits per heavy atom. The van der Waals surface area contributed by atoms with E-state index in [1.165, 1.54) is 0 Å². The number of halogens is 4. The van der Waals surface area contributed by atoms with E-state index in [-0.39, 0.29) is 5.39 Å². The lowest BCUT2D eigenvalue weighted by Gasteiger charge is -2.02. The average Bonchev–Trinajstić information content (AvgIpc) is 2.68. The smallest absolute Gasteiger partial charge is 0.199 e. The standard InChI is InChI=1S/C8H4F4N2.C2H6/c9-4-3-1-2-14(13)8(3)7(12)6(11)5(4)10;1-2/h1-2H,13H2;1-2H3. The summed E-state index contributed by atoms with van der Waals surface area (Å²) in [5.74, 6) is -1.44. The molecule has 2 nitrogen and oxygen atoms in total. The second-order valence-corrected chi connectivity index (χ2v) is 2.74. The first-order valence-corrected chi connectivity index (χ1v) is 4.62. The lowest BCUT2D eigenvalue weighted by atomic mass is 10.2. The highest BCUT2D eigenvalue weighted by molar-refractivity contribution is 5.81. The number of nitrogens with zero attached hydrogens (tertiary/aromatic N) is 1. The monoisotopic (exact) mass is 234 g/mol. The minimum absolute atomic E-state index is 0.385. The molecule has 0 aliphatic rings. The van der Waals surface area contributed by atoms with Gasteiger partial charge in [-0.1, -0.05) is 13.8 Å². The van der Waals surface area contributed by atoms with E-state index >= 15 is 0 Å². The molecule has 0 saturated heterocycles. The zero-order valence-corrected chi connectivity index (χ0v) is 8.69. The van der Waals surface area contributed by atoms with Crippen LogP contribution in [0.2, 0.25) is 0 Å². The van der Waals surface area contributed by atoms with Gasteiger partial charge < -0.3 is 5.84 Å². The Hall–Kier alpha value is -1.72. The highest BCUT2D eigenvalue weighted by Gasteiger charge is 2.22. The van der Waals surface area contributed by atoms with Crippen molar-refractivity contribution in [1.82, 2.24) is 4.68 Å². The summed E-state index contributed by atoms with van der Waals surface area (Å²) in [5.41, 5.74) is -0.499. The van der Waals surface area contributed by atoms with Crippen LogP contribution in [0.25, 0.3) is 10.9 Å². The third-order valence-electron chi connectivity index (χ3n) is 1.94. The Morgan fingerprint density at radius 2 is 1.44 bits per heavy atom. The van der Waals surface area contributed by atoms with Crippen molar-refractivity contribution >= 4 is 10.9 Å². The molecule has 0 spiro atoms. The number of rotatable bonds is 0. The van der Waals surface area contributed by atoms with E-state index in [9.17, 15) is 17.6 Å². The van der Waals surface area contributed by atoms with Crippen molar-refractivity contribution in [3.63, 3.8) is 0 Å². The summed E-state index contributed by atoms with van der Waals surface area (Å²) >= 11 is 0. The second kappa shape index (κ2) is 4.42. The van der Waals surface area contributed by atoms with Gasteiger partial charge in [0.2, 0.25) is 0 Å². The van der Waals surface area contributed by atoms with Gasteiger partial charge in [0.1, 0.15) is 5.52 Å². The third kappa shape index (κ3) is 1.60. The minimum Gasteiger partial charge on any atom is -0.339 e. The van der Waals surface area contributed by atoms with Crippen LogP contribution in [0.5, 0.6) is 0 Å². The number of nitrogen functional groups attached to an aromatic ring is 1. The number of benzene rings is 1. The molecule has 0 saturated carbocycles. The first-order valence-electron chi connectivity index (χ1n) is 4.62. The van der Waals surface area contributed by atoms with E-state index in [1.54, 1.807) is 0 Å². The summed E-state index contributed by atoms with van der Waals surface area (Å²) in [6.07, 6.45) is 1.11. The average molecular weight is 234 g/mol. The van der Waals surface area contributed by atoms with Crippen LogP contribution in [0.1, 0.15) is 13.8 Å². The van der Waals surface area contributed by atoms with Crippen molar-refractivity contribution in [2.75, 3.05) is 5.84 Å². The molecule has 6 heteroatoms. The maximum atomic E-state index is 13.1. The van der Waals surface area contributed by atoms with Crippen LogP contribution in [0.15, 0.2) is 12.3 Å². The van der Waals surface area contributed by atoms with Gasteiger partial charge in [-0.25, -0.2) is 17.6 Å². The summed E-state index contributed by atoms with van der Waals surface area (Å²) in [7, 11) is 0. The predicted octanol–water partition coefficient (Wildman–Crippen LogP) is 2.94. The molecule has 0 amide bonds. The molecular formula is C10H10F4N2. The summed E-state index contributed by atoms with van der Waals surface area (Å²) < 4.78 is 52.2. The fourth-order valence-electron chi connectivity index (χ4n) is 1.27. The Balaban J connectivity index is 0.000000606. The molecule has 1 heterocycles. The number of aromatic nitrogens is 1. The van der Waals surface area contributed by atoms with Crippen molar-refractivity contribution in [2.24, 2.45) is 0 Å². The molecule has 0 fully saturated rings. The van der Waals surface area contributed by atoms with Crippen LogP contribution in [-0.2, 0) is 0 Å². The van der Waals surface area contributed by atoms with Crippen molar-refractivity contribution in [1.29, 1.82) is 0 Å². The number of hydrogen-bond donors (Lipinski definition) is 1. The number of fused-ring (bicyclic) bond motifs is 1. The maximum Gasteiger partial charge on any atom is 0.199 e. The second-order valence-electron chi connectivity index (χ2n) is 2.74. The Morgan fingerprint density at radius 1 is 0.938 bits per heavy atom. The van der Waals surface area contributed by atoms with Crippen LogP contribution in [0, 0.1) is 23.3 Å². The molecule has 0 aliphatic heterocycles. The molecule has 2 aromatic rings. The summed E-state index contributed by atoms with van der Waals surface area (Å²) in [6.45, 7) is 4.00. The zero-order chi connectivity index (χ0) is 12.5. The first kappa shape index (κ1) is 12.4. The van der Waals surface area contributed by atoms with Crippen LogP contribution >= 0.6 is 0 Å². The van der Waals surface area contributed by atoms with Crippen molar-refractivity contribution in [2.45, 2.75) is 13.8 Å². The third-order valence-corrected chi connectivity index (χ3v) is 1.94. The predicted molar refractivity (Wildman–Crippen MR) is 53.3 cm³/mol. The SMILES string of the molecule is CC.Nn1ccc2c(F)c(F)c(F)c(F)c21. The highest BCUT2D eigenvalue weighted by atomic mass is 19.2. The first-order chi connectivity index (χ1) is 7.54. The molecule has 0 radical (unpaired) electrons. The van der Waals surface area contributed by atoms with Gasteiger partial charge in [-0.2, -0.15) is 0 Å². The fourth-order valence-corrected chi connectivity index (χ4v) is 1.27. The molecule has 16 heavy (non-hydrogen) atoms. The van der Waals surface area contributed by atoms with Crippen molar-refractivity contribution in [3.8, 4) is 0 Å². The Kier molecular flexibility index (Phi) is 3.41. The minimum atomic E-state index is -1.86. The largest absolute Gasteiger partial charge is 0.339 e. The highest BCUT2D eigenvalue weighted by Crippen LogP contribution is 2.26. The number of nitrogens with two attached hydrogens (primary N) is 1. The molecule has 0 bridgehead atoms. The van der Waals surface area contributed by atoms with E-state index < -0.39 is 28.8 Å². The topological polar surface area (TPSA) is 30.9 Å². The van der Waals surface area contributed by atoms with Gasteiger partial charge in [-0.15, -0.1) is 0 Å². The van der Waals surface area contributed by atoms with Crippen LogP contribution in [0.3, 0.4) is 0 Å². The van der Waals surface area contributed by atoms with Gasteiger partial charge in [0, 0.05) is 11.6 Å². The van der Waals surface area contributed by atoms with E-state index in [1.807, 2.05) is 13.8 Å². The van der Waals surface area contributed by atoms with Crippen molar-refractivity contribution in [3.05, 3.63) is 35.5 Å². The van der Waals surface area contributed by atoms with Crippen LogP contribution < -0.4 is 5.84 Å². The van der Waals surface area contributed by atoms with Gasteiger partial charge in [0.05, 0.1) is 0 Å². The lowest BCUT2D eigenvalue weighted by molar-refractivity contribution is 0.417. The van der Waals surface area contributed by atoms with Gasteiger partial charge in [-0.05, 0) is 6.07 Å². The normalized spacial score (nSPS) is 10.1. The quantitative estimate of drug-likeness (QED) is 0.323. The van der Waals surface area contributed by atoms with Gasteiger partial charge in [-0.3, -0.25) is 4.68 Å². The lowest BCUT2D eigenvalue weighted by Crippen LogP contribution is -2.08. The van der Waals surface area contributed by atoms with E-state index in [0.717, 1.165) is 12.3 Å². The molecule has 0 atom stereocenters. The summed E-state index contributed by atoms with van der Waals surface area (Å²) in [5, 5.41) is -0.385. The molecule has 0 unspecified atom stereocenters. The molecule has 1 aromatic carbocycles. The van der Waals surface area contributed by atoms with E-state index in [0.29, 0.717) is 4.68 Å². The molecule has 0 aliphatic carbocycles.